The second kappa shape index (κ2) is 21.2. The van der Waals surface area contributed by atoms with Gasteiger partial charge in [-0.2, -0.15) is 5.26 Å². The molecule has 0 amide bonds. The van der Waals surface area contributed by atoms with E-state index in [1.54, 1.807) is 12.1 Å². The van der Waals surface area contributed by atoms with E-state index in [0.29, 0.717) is 12.2 Å². The molecule has 0 unspecified atom stereocenters. The van der Waals surface area contributed by atoms with Crippen LogP contribution in [0.2, 0.25) is 0 Å². The Bertz CT molecular complexity index is 716. The van der Waals surface area contributed by atoms with Crippen LogP contribution in [0.4, 0.5) is 5.69 Å². The van der Waals surface area contributed by atoms with Crippen molar-refractivity contribution in [3.63, 3.8) is 0 Å². The number of aryl methyl sites for hydroxylation is 1. The van der Waals surface area contributed by atoms with Gasteiger partial charge in [-0.05, 0) is 25.5 Å². The van der Waals surface area contributed by atoms with Crippen LogP contribution >= 0.6 is 0 Å². The van der Waals surface area contributed by atoms with E-state index in [0.717, 1.165) is 18.4 Å². The van der Waals surface area contributed by atoms with Gasteiger partial charge >= 0.3 is 0 Å². The van der Waals surface area contributed by atoms with E-state index in [2.05, 4.69) is 17.8 Å². The van der Waals surface area contributed by atoms with Crippen molar-refractivity contribution in [3.05, 3.63) is 34.7 Å². The normalized spacial score (nSPS) is 11.7. The van der Waals surface area contributed by atoms with Gasteiger partial charge in [-0.3, -0.25) is 0 Å². The van der Waals surface area contributed by atoms with Crippen molar-refractivity contribution in [2.75, 3.05) is 19.8 Å². The highest BCUT2D eigenvalue weighted by molar-refractivity contribution is 5.66. The number of rotatable bonds is 22. The molecule has 0 aromatic heterocycles. The molecule has 0 aliphatic heterocycles. The van der Waals surface area contributed by atoms with Crippen molar-refractivity contribution in [2.45, 2.75) is 123 Å². The molecular formula is C30H48N2O3. The minimum Gasteiger partial charge on any atom is -0.495 e. The van der Waals surface area contributed by atoms with Crippen molar-refractivity contribution in [2.24, 2.45) is 0 Å². The Morgan fingerprint density at radius 2 is 1.40 bits per heavy atom. The Morgan fingerprint density at radius 1 is 0.886 bits per heavy atom. The fourth-order valence-electron chi connectivity index (χ4n) is 4.30. The van der Waals surface area contributed by atoms with Crippen LogP contribution in [0.15, 0.2) is 12.1 Å². The zero-order valence-electron chi connectivity index (χ0n) is 22.3. The predicted molar refractivity (Wildman–Crippen MR) is 144 cm³/mol. The van der Waals surface area contributed by atoms with Crippen molar-refractivity contribution < 1.29 is 14.6 Å². The Kier molecular flexibility index (Phi) is 18.8. The van der Waals surface area contributed by atoms with Gasteiger partial charge in [0.2, 0.25) is 5.69 Å². The van der Waals surface area contributed by atoms with Crippen LogP contribution in [0.5, 0.6) is 5.75 Å². The van der Waals surface area contributed by atoms with Gasteiger partial charge in [-0.15, -0.1) is 0 Å². The quantitative estimate of drug-likeness (QED) is 0.132. The topological polar surface area (TPSA) is 66.8 Å². The number of nitriles is 1. The average molecular weight is 485 g/mol. The number of benzene rings is 1. The molecule has 0 heterocycles. The molecule has 0 saturated carbocycles. The fourth-order valence-corrected chi connectivity index (χ4v) is 4.30. The second-order valence-electron chi connectivity index (χ2n) is 9.68. The molecule has 0 spiro atoms. The fraction of sp³-hybridized carbons (Fsp3) is 0.733. The Labute approximate surface area is 214 Å². The standard InChI is InChI=1S/C30H48N2O3/c1-4-5-6-7-8-9-10-11-12-13-14-15-16-17-18-19-20-34-25-28(24-33)35-30-27(23-31)21-26(2)22-29(30)32-3/h21-22,28,33H,4-20,24-25H2,1-2H3/t28-/m0/s1. The summed E-state index contributed by atoms with van der Waals surface area (Å²) in [5.41, 5.74) is 1.44. The van der Waals surface area contributed by atoms with Crippen LogP contribution in [-0.4, -0.2) is 31.0 Å². The predicted octanol–water partition coefficient (Wildman–Crippen LogP) is 8.44. The summed E-state index contributed by atoms with van der Waals surface area (Å²) >= 11 is 0. The highest BCUT2D eigenvalue weighted by atomic mass is 16.5. The number of nitrogens with zero attached hydrogens (tertiary/aromatic N) is 2. The van der Waals surface area contributed by atoms with Crippen LogP contribution in [0.25, 0.3) is 4.85 Å². The Balaban J connectivity index is 2.02. The second-order valence-corrected chi connectivity index (χ2v) is 9.68. The first kappa shape index (κ1) is 31.0. The number of ether oxygens (including phenoxy) is 2. The molecule has 1 rings (SSSR count). The molecule has 196 valence electrons. The number of hydrogen-bond acceptors (Lipinski definition) is 4. The maximum Gasteiger partial charge on any atom is 0.229 e. The van der Waals surface area contributed by atoms with Gasteiger partial charge in [0.15, 0.2) is 0 Å². The molecule has 0 radical (unpaired) electrons. The molecule has 0 aliphatic rings. The monoisotopic (exact) mass is 484 g/mol. The van der Waals surface area contributed by atoms with Crippen molar-refractivity contribution >= 4 is 5.69 Å². The first-order valence-corrected chi connectivity index (χ1v) is 13.9. The summed E-state index contributed by atoms with van der Waals surface area (Å²) in [7, 11) is 0. The largest absolute Gasteiger partial charge is 0.495 e. The zero-order chi connectivity index (χ0) is 25.6. The number of hydrogen-bond donors (Lipinski definition) is 1. The lowest BCUT2D eigenvalue weighted by Crippen LogP contribution is -2.27. The molecule has 5 nitrogen and oxygen atoms in total. The average Bonchev–Trinajstić information content (AvgIpc) is 2.87. The third kappa shape index (κ3) is 14.8. The maximum absolute atomic E-state index is 9.65. The van der Waals surface area contributed by atoms with Gasteiger partial charge in [-0.25, -0.2) is 4.85 Å². The van der Waals surface area contributed by atoms with E-state index in [1.807, 2.05) is 6.92 Å². The summed E-state index contributed by atoms with van der Waals surface area (Å²) in [5.74, 6) is 0.234. The summed E-state index contributed by atoms with van der Waals surface area (Å²) < 4.78 is 11.5. The molecule has 0 saturated heterocycles. The third-order valence-corrected chi connectivity index (χ3v) is 6.39. The van der Waals surface area contributed by atoms with E-state index < -0.39 is 6.10 Å². The molecule has 1 aromatic rings. The zero-order valence-corrected chi connectivity index (χ0v) is 22.3. The van der Waals surface area contributed by atoms with Gasteiger partial charge in [0.05, 0.1) is 25.3 Å². The first-order chi connectivity index (χ1) is 17.2. The van der Waals surface area contributed by atoms with Gasteiger partial charge < -0.3 is 14.6 Å². The molecule has 5 heteroatoms. The lowest BCUT2D eigenvalue weighted by atomic mass is 10.0. The van der Waals surface area contributed by atoms with Crippen molar-refractivity contribution in [1.82, 2.24) is 0 Å². The Hall–Kier alpha value is -2.08. The molecule has 35 heavy (non-hydrogen) atoms. The minimum absolute atomic E-state index is 0.227. The van der Waals surface area contributed by atoms with Gasteiger partial charge in [-0.1, -0.05) is 109 Å². The van der Waals surface area contributed by atoms with Crippen molar-refractivity contribution in [3.8, 4) is 11.8 Å². The van der Waals surface area contributed by atoms with Crippen LogP contribution in [0.1, 0.15) is 121 Å². The van der Waals surface area contributed by atoms with Gasteiger partial charge in [0, 0.05) is 6.61 Å². The molecule has 0 aliphatic carbocycles. The molecular weight excluding hydrogens is 436 g/mol. The smallest absolute Gasteiger partial charge is 0.229 e. The van der Waals surface area contributed by atoms with Crippen LogP contribution in [0.3, 0.4) is 0 Å². The molecule has 0 bridgehead atoms. The molecule has 1 N–H and O–H groups in total. The Morgan fingerprint density at radius 3 is 1.86 bits per heavy atom. The summed E-state index contributed by atoms with van der Waals surface area (Å²) in [6.45, 7) is 12.1. The van der Waals surface area contributed by atoms with Gasteiger partial charge in [0.1, 0.15) is 17.9 Å². The highest BCUT2D eigenvalue weighted by Crippen LogP contribution is 2.33. The van der Waals surface area contributed by atoms with E-state index in [4.69, 9.17) is 16.0 Å². The van der Waals surface area contributed by atoms with E-state index in [1.165, 1.54) is 89.9 Å². The maximum atomic E-state index is 9.65. The first-order valence-electron chi connectivity index (χ1n) is 13.9. The minimum atomic E-state index is -0.591. The summed E-state index contributed by atoms with van der Waals surface area (Å²) in [5, 5.41) is 19.0. The number of unbranched alkanes of at least 4 members (excludes halogenated alkanes) is 15. The summed E-state index contributed by atoms with van der Waals surface area (Å²) in [4.78, 5) is 3.46. The van der Waals surface area contributed by atoms with E-state index >= 15 is 0 Å². The van der Waals surface area contributed by atoms with Gasteiger partial charge in [0.25, 0.3) is 0 Å². The molecule has 1 aromatic carbocycles. The molecule has 0 fully saturated rings. The molecule has 1 atom stereocenters. The number of aliphatic hydroxyl groups is 1. The highest BCUT2D eigenvalue weighted by Gasteiger charge is 2.17. The summed E-state index contributed by atoms with van der Waals surface area (Å²) in [6.07, 6.45) is 20.8. The van der Waals surface area contributed by atoms with Crippen molar-refractivity contribution in [1.29, 1.82) is 5.26 Å². The lowest BCUT2D eigenvalue weighted by molar-refractivity contribution is 0.0191. The lowest BCUT2D eigenvalue weighted by Gasteiger charge is -2.19. The van der Waals surface area contributed by atoms with E-state index in [-0.39, 0.29) is 24.7 Å². The van der Waals surface area contributed by atoms with Crippen LogP contribution < -0.4 is 4.74 Å². The summed E-state index contributed by atoms with van der Waals surface area (Å²) in [6, 6.07) is 5.46. The van der Waals surface area contributed by atoms with E-state index in [9.17, 15) is 10.4 Å². The number of aliphatic hydroxyl groups excluding tert-OH is 1. The third-order valence-electron chi connectivity index (χ3n) is 6.39. The SMILES string of the molecule is [C-]#[N+]c1cc(C)cc(C#N)c1O[C@@H](CO)COCCCCCCCCCCCCCCCCCC. The van der Waals surface area contributed by atoms with Crippen LogP contribution in [0, 0.1) is 24.8 Å². The van der Waals surface area contributed by atoms with Crippen LogP contribution in [-0.2, 0) is 4.74 Å².